The smallest absolute Gasteiger partial charge is 0.263 e. The summed E-state index contributed by atoms with van der Waals surface area (Å²) in [6.45, 7) is 0.295. The largest absolute Gasteiger partial charge is 0.397 e. The van der Waals surface area contributed by atoms with E-state index in [1.807, 2.05) is 13.1 Å². The monoisotopic (exact) mass is 321 g/mol. The predicted octanol–water partition coefficient (Wildman–Crippen LogP) is 2.20. The minimum atomic E-state index is -0.229. The summed E-state index contributed by atoms with van der Waals surface area (Å²) in [5, 5.41) is 11.9. The van der Waals surface area contributed by atoms with E-state index in [1.165, 1.54) is 11.3 Å². The van der Waals surface area contributed by atoms with Crippen molar-refractivity contribution in [3.05, 3.63) is 40.3 Å². The van der Waals surface area contributed by atoms with Gasteiger partial charge in [0.05, 0.1) is 12.2 Å². The van der Waals surface area contributed by atoms with Crippen molar-refractivity contribution in [2.75, 3.05) is 5.73 Å². The highest BCUT2D eigenvalue weighted by atomic mass is 35.5. The third-order valence-electron chi connectivity index (χ3n) is 3.11. The van der Waals surface area contributed by atoms with Gasteiger partial charge in [-0.3, -0.25) is 4.79 Å². The Kier molecular flexibility index (Phi) is 3.52. The molecule has 0 bridgehead atoms. The second kappa shape index (κ2) is 5.34. The number of aromatic nitrogens is 3. The maximum Gasteiger partial charge on any atom is 0.263 e. The standard InChI is InChI=1S/C13H12ClN5OS/c1-19-6-17-18-10(19)5-16-13(20)12-11(15)8-4-7(14)2-3-9(8)21-12/h2-4,6H,5,15H2,1H3,(H,16,20). The van der Waals surface area contributed by atoms with Crippen LogP contribution >= 0.6 is 22.9 Å². The average molecular weight is 322 g/mol. The van der Waals surface area contributed by atoms with E-state index < -0.39 is 0 Å². The molecule has 0 aliphatic heterocycles. The quantitative estimate of drug-likeness (QED) is 0.774. The van der Waals surface area contributed by atoms with Crippen molar-refractivity contribution >= 4 is 44.6 Å². The van der Waals surface area contributed by atoms with Gasteiger partial charge in [-0.1, -0.05) is 11.6 Å². The Bertz CT molecular complexity index is 825. The van der Waals surface area contributed by atoms with Gasteiger partial charge in [0.1, 0.15) is 11.2 Å². The molecule has 0 atom stereocenters. The van der Waals surface area contributed by atoms with Crippen LogP contribution in [0.5, 0.6) is 0 Å². The molecular weight excluding hydrogens is 310 g/mol. The van der Waals surface area contributed by atoms with Crippen LogP contribution in [0.25, 0.3) is 10.1 Å². The molecule has 2 heterocycles. The number of nitrogens with zero attached hydrogens (tertiary/aromatic N) is 3. The van der Waals surface area contributed by atoms with Crippen molar-refractivity contribution in [2.24, 2.45) is 7.05 Å². The van der Waals surface area contributed by atoms with Crippen LogP contribution in [0.1, 0.15) is 15.5 Å². The molecule has 0 saturated heterocycles. The minimum absolute atomic E-state index is 0.229. The molecule has 3 rings (SSSR count). The highest BCUT2D eigenvalue weighted by Crippen LogP contribution is 2.35. The third-order valence-corrected chi connectivity index (χ3v) is 4.53. The first-order chi connectivity index (χ1) is 10.1. The summed E-state index contributed by atoms with van der Waals surface area (Å²) in [7, 11) is 1.82. The zero-order valence-corrected chi connectivity index (χ0v) is 12.7. The highest BCUT2D eigenvalue weighted by Gasteiger charge is 2.17. The molecule has 3 aromatic rings. The number of fused-ring (bicyclic) bond motifs is 1. The number of nitrogens with one attached hydrogen (secondary N) is 1. The molecule has 8 heteroatoms. The third kappa shape index (κ3) is 2.57. The Labute approximate surface area is 129 Å². The van der Waals surface area contributed by atoms with Crippen molar-refractivity contribution in [1.29, 1.82) is 0 Å². The van der Waals surface area contributed by atoms with Crippen molar-refractivity contribution in [3.8, 4) is 0 Å². The lowest BCUT2D eigenvalue weighted by Crippen LogP contribution is -2.24. The van der Waals surface area contributed by atoms with Crippen molar-refractivity contribution in [3.63, 3.8) is 0 Å². The number of aryl methyl sites for hydroxylation is 1. The second-order valence-electron chi connectivity index (χ2n) is 4.53. The number of nitrogens with two attached hydrogens (primary N) is 1. The number of hydrogen-bond donors (Lipinski definition) is 2. The van der Waals surface area contributed by atoms with Gasteiger partial charge in [-0.15, -0.1) is 21.5 Å². The summed E-state index contributed by atoms with van der Waals surface area (Å²) in [5.74, 6) is 0.443. The molecule has 0 spiro atoms. The van der Waals surface area contributed by atoms with Crippen molar-refractivity contribution in [2.45, 2.75) is 6.54 Å². The Morgan fingerprint density at radius 2 is 2.33 bits per heavy atom. The van der Waals surface area contributed by atoms with Gasteiger partial charge in [0.25, 0.3) is 5.91 Å². The van der Waals surface area contributed by atoms with Gasteiger partial charge in [-0.2, -0.15) is 0 Å². The Hall–Kier alpha value is -2.12. The number of amides is 1. The van der Waals surface area contributed by atoms with E-state index in [2.05, 4.69) is 15.5 Å². The zero-order chi connectivity index (χ0) is 15.0. The van der Waals surface area contributed by atoms with Gasteiger partial charge < -0.3 is 15.6 Å². The van der Waals surface area contributed by atoms with Crippen molar-refractivity contribution < 1.29 is 4.79 Å². The average Bonchev–Trinajstić information content (AvgIpc) is 3.01. The lowest BCUT2D eigenvalue weighted by molar-refractivity contribution is 0.0954. The zero-order valence-electron chi connectivity index (χ0n) is 11.1. The summed E-state index contributed by atoms with van der Waals surface area (Å²) in [4.78, 5) is 12.7. The fraction of sp³-hybridized carbons (Fsp3) is 0.154. The minimum Gasteiger partial charge on any atom is -0.397 e. The van der Waals surface area contributed by atoms with E-state index >= 15 is 0 Å². The summed E-state index contributed by atoms with van der Waals surface area (Å²) in [6.07, 6.45) is 1.58. The van der Waals surface area contributed by atoms with Gasteiger partial charge in [0.2, 0.25) is 0 Å². The number of halogens is 1. The topological polar surface area (TPSA) is 85.8 Å². The first kappa shape index (κ1) is 13.8. The number of carbonyl (C=O) groups excluding carboxylic acids is 1. The van der Waals surface area contributed by atoms with Crippen molar-refractivity contribution in [1.82, 2.24) is 20.1 Å². The SMILES string of the molecule is Cn1cnnc1CNC(=O)c1sc2ccc(Cl)cc2c1N. The number of hydrogen-bond acceptors (Lipinski definition) is 5. The molecule has 0 unspecified atom stereocenters. The molecular formula is C13H12ClN5OS. The van der Waals surface area contributed by atoms with Crippen LogP contribution in [0.15, 0.2) is 24.5 Å². The lowest BCUT2D eigenvalue weighted by atomic mass is 10.2. The number of benzene rings is 1. The van der Waals surface area contributed by atoms with Crippen LogP contribution in [0, 0.1) is 0 Å². The van der Waals surface area contributed by atoms with Gasteiger partial charge in [-0.05, 0) is 18.2 Å². The first-order valence-corrected chi connectivity index (χ1v) is 7.34. The Morgan fingerprint density at radius 3 is 3.05 bits per heavy atom. The normalized spacial score (nSPS) is 11.0. The van der Waals surface area contributed by atoms with Crippen LogP contribution in [0.3, 0.4) is 0 Å². The van der Waals surface area contributed by atoms with Crippen LogP contribution in [-0.2, 0) is 13.6 Å². The van der Waals surface area contributed by atoms with E-state index in [9.17, 15) is 4.79 Å². The molecule has 2 aromatic heterocycles. The van der Waals surface area contributed by atoms with Crippen LogP contribution in [-0.4, -0.2) is 20.7 Å². The molecule has 6 nitrogen and oxygen atoms in total. The van der Waals surface area contributed by atoms with Crippen LogP contribution in [0.2, 0.25) is 5.02 Å². The summed E-state index contributed by atoms with van der Waals surface area (Å²) in [6, 6.07) is 5.40. The molecule has 0 aliphatic carbocycles. The molecule has 0 radical (unpaired) electrons. The van der Waals surface area contributed by atoms with E-state index in [1.54, 1.807) is 23.0 Å². The van der Waals surface area contributed by atoms with Gasteiger partial charge in [-0.25, -0.2) is 0 Å². The number of nitrogen functional groups attached to an aromatic ring is 1. The van der Waals surface area contributed by atoms with E-state index in [-0.39, 0.29) is 5.91 Å². The molecule has 0 saturated carbocycles. The summed E-state index contributed by atoms with van der Waals surface area (Å²) in [5.41, 5.74) is 6.50. The number of anilines is 1. The maximum atomic E-state index is 12.3. The molecule has 1 amide bonds. The van der Waals surface area contributed by atoms with E-state index in [4.69, 9.17) is 17.3 Å². The summed E-state index contributed by atoms with van der Waals surface area (Å²) >= 11 is 7.30. The van der Waals surface area contributed by atoms with Gasteiger partial charge in [0.15, 0.2) is 5.82 Å². The fourth-order valence-corrected chi connectivity index (χ4v) is 3.16. The molecule has 21 heavy (non-hydrogen) atoms. The lowest BCUT2D eigenvalue weighted by Gasteiger charge is -2.03. The first-order valence-electron chi connectivity index (χ1n) is 6.15. The Balaban J connectivity index is 1.84. The number of carbonyl (C=O) groups is 1. The Morgan fingerprint density at radius 1 is 1.52 bits per heavy atom. The number of rotatable bonds is 3. The van der Waals surface area contributed by atoms with Crippen LogP contribution in [0.4, 0.5) is 5.69 Å². The molecule has 0 fully saturated rings. The molecule has 1 aromatic carbocycles. The maximum absolute atomic E-state index is 12.3. The predicted molar refractivity (Wildman–Crippen MR) is 83.4 cm³/mol. The highest BCUT2D eigenvalue weighted by molar-refractivity contribution is 7.21. The molecule has 3 N–H and O–H groups in total. The molecule has 0 aliphatic rings. The van der Waals surface area contributed by atoms with E-state index in [0.29, 0.717) is 28.0 Å². The second-order valence-corrected chi connectivity index (χ2v) is 6.01. The fourth-order valence-electron chi connectivity index (χ4n) is 1.96. The van der Waals surface area contributed by atoms with Gasteiger partial charge in [0, 0.05) is 22.2 Å². The number of thiophene rings is 1. The summed E-state index contributed by atoms with van der Waals surface area (Å²) < 4.78 is 2.68. The van der Waals surface area contributed by atoms with Gasteiger partial charge >= 0.3 is 0 Å². The van der Waals surface area contributed by atoms with Crippen LogP contribution < -0.4 is 11.1 Å². The molecule has 108 valence electrons. The van der Waals surface area contributed by atoms with E-state index in [0.717, 1.165) is 10.1 Å².